The molecule has 3 saturated heterocycles. The van der Waals surface area contributed by atoms with Crippen LogP contribution in [0.1, 0.15) is 148 Å². The van der Waals surface area contributed by atoms with Crippen LogP contribution in [-0.2, 0) is 14.4 Å². The molecule has 4 unspecified atom stereocenters. The van der Waals surface area contributed by atoms with E-state index < -0.39 is 6.04 Å². The average molecular weight is 753 g/mol. The Bertz CT molecular complexity index is 1260. The lowest BCUT2D eigenvalue weighted by molar-refractivity contribution is -0.144. The highest BCUT2D eigenvalue weighted by Crippen LogP contribution is 2.47. The Morgan fingerprint density at radius 1 is 0.774 bits per heavy atom. The number of amides is 3. The molecule has 8 nitrogen and oxygen atoms in total. The number of hydrogen-bond donors (Lipinski definition) is 2. The summed E-state index contributed by atoms with van der Waals surface area (Å²) in [6.45, 7) is 8.91. The van der Waals surface area contributed by atoms with Crippen LogP contribution in [0.5, 0.6) is 0 Å². The minimum Gasteiger partial charge on any atom is -0.393 e. The fraction of sp³-hybridized carbons (Fsp3) is 0.886. The van der Waals surface area contributed by atoms with Crippen molar-refractivity contribution in [3.05, 3.63) is 11.1 Å². The molecule has 0 aromatic rings. The summed E-state index contributed by atoms with van der Waals surface area (Å²) in [6, 6.07) is 0.0881. The van der Waals surface area contributed by atoms with Gasteiger partial charge in [-0.1, -0.05) is 43.8 Å². The first-order valence-corrected chi connectivity index (χ1v) is 23.6. The molecule has 9 heteroatoms. The molecule has 298 valence electrons. The zero-order chi connectivity index (χ0) is 36.7. The van der Waals surface area contributed by atoms with Crippen LogP contribution in [0.25, 0.3) is 0 Å². The van der Waals surface area contributed by atoms with Gasteiger partial charge in [-0.2, -0.15) is 11.8 Å². The van der Waals surface area contributed by atoms with E-state index in [1.807, 2.05) is 11.1 Å². The topological polar surface area (TPSA) is 93.2 Å². The molecule has 3 heterocycles. The number of likely N-dealkylation sites (tertiary alicyclic amines) is 1. The SMILES string of the molecule is CC/C(=C(\C1CCC(O)CC1)C1CCC(SCCCCCN2CCN(C3CCC4C(=O)N(C5CCC(=O)NC5=O)CC4C3)CC2)CC1)C1CCCCC1. The number of nitrogens with one attached hydrogen (secondary N) is 1. The first kappa shape index (κ1) is 39.8. The molecule has 0 bridgehead atoms. The number of unbranched alkanes of at least 4 members (excludes halogenated alkanes) is 2. The maximum absolute atomic E-state index is 13.2. The highest BCUT2D eigenvalue weighted by Gasteiger charge is 2.49. The summed E-state index contributed by atoms with van der Waals surface area (Å²) < 4.78 is 0. The molecule has 4 atom stereocenters. The first-order valence-electron chi connectivity index (χ1n) is 22.5. The van der Waals surface area contributed by atoms with E-state index in [2.05, 4.69) is 33.8 Å². The van der Waals surface area contributed by atoms with Crippen LogP contribution in [0.4, 0.5) is 0 Å². The zero-order valence-electron chi connectivity index (χ0n) is 33.1. The molecule has 0 radical (unpaired) electrons. The van der Waals surface area contributed by atoms with Gasteiger partial charge in [-0.25, -0.2) is 0 Å². The Morgan fingerprint density at radius 3 is 2.19 bits per heavy atom. The number of aliphatic hydroxyl groups excluding tert-OH is 1. The van der Waals surface area contributed by atoms with Gasteiger partial charge in [-0.05, 0) is 145 Å². The van der Waals surface area contributed by atoms with Gasteiger partial charge in [-0.15, -0.1) is 0 Å². The maximum atomic E-state index is 13.2. The largest absolute Gasteiger partial charge is 0.393 e. The summed E-state index contributed by atoms with van der Waals surface area (Å²) in [5.41, 5.74) is 3.78. The van der Waals surface area contributed by atoms with E-state index in [4.69, 9.17) is 0 Å². The lowest BCUT2D eigenvalue weighted by Crippen LogP contribution is -2.53. The van der Waals surface area contributed by atoms with Crippen molar-refractivity contribution in [3.8, 4) is 0 Å². The third-order valence-electron chi connectivity index (χ3n) is 15.1. The fourth-order valence-corrected chi connectivity index (χ4v) is 13.4. The second-order valence-corrected chi connectivity index (χ2v) is 19.7. The van der Waals surface area contributed by atoms with E-state index in [0.717, 1.165) is 81.3 Å². The number of nitrogens with zero attached hydrogens (tertiary/aromatic N) is 3. The number of piperazine rings is 1. The van der Waals surface area contributed by atoms with E-state index in [9.17, 15) is 19.5 Å². The number of carbonyl (C=O) groups is 3. The Labute approximate surface area is 325 Å². The van der Waals surface area contributed by atoms with Gasteiger partial charge < -0.3 is 14.9 Å². The third-order valence-corrected chi connectivity index (χ3v) is 16.5. The maximum Gasteiger partial charge on any atom is 0.249 e. The molecule has 3 amide bonds. The number of allylic oxidation sites excluding steroid dienone is 2. The van der Waals surface area contributed by atoms with Crippen LogP contribution in [0.15, 0.2) is 11.1 Å². The summed E-state index contributed by atoms with van der Waals surface area (Å²) >= 11 is 2.28. The van der Waals surface area contributed by atoms with E-state index >= 15 is 0 Å². The number of thioether (sulfide) groups is 1. The summed E-state index contributed by atoms with van der Waals surface area (Å²) in [5, 5.41) is 13.6. The van der Waals surface area contributed by atoms with E-state index in [1.54, 1.807) is 4.90 Å². The molecule has 7 fully saturated rings. The highest BCUT2D eigenvalue weighted by atomic mass is 32.2. The molecule has 53 heavy (non-hydrogen) atoms. The van der Waals surface area contributed by atoms with Gasteiger partial charge in [-0.3, -0.25) is 24.6 Å². The van der Waals surface area contributed by atoms with Crippen molar-refractivity contribution in [2.24, 2.45) is 29.6 Å². The number of fused-ring (bicyclic) bond motifs is 1. The van der Waals surface area contributed by atoms with Gasteiger partial charge in [0.2, 0.25) is 17.7 Å². The van der Waals surface area contributed by atoms with Crippen molar-refractivity contribution in [1.29, 1.82) is 0 Å². The van der Waals surface area contributed by atoms with Crippen LogP contribution >= 0.6 is 11.8 Å². The molecular weight excluding hydrogens is 681 g/mol. The molecule has 3 aliphatic heterocycles. The van der Waals surface area contributed by atoms with Crippen molar-refractivity contribution in [3.63, 3.8) is 0 Å². The van der Waals surface area contributed by atoms with Gasteiger partial charge in [0.1, 0.15) is 6.04 Å². The summed E-state index contributed by atoms with van der Waals surface area (Å²) in [5.74, 6) is 3.76. The lowest BCUT2D eigenvalue weighted by Gasteiger charge is -2.42. The van der Waals surface area contributed by atoms with Crippen LogP contribution in [0, 0.1) is 29.6 Å². The second kappa shape index (κ2) is 19.1. The zero-order valence-corrected chi connectivity index (χ0v) is 33.9. The molecule has 0 aromatic heterocycles. The summed E-state index contributed by atoms with van der Waals surface area (Å²) in [7, 11) is 0. The average Bonchev–Trinajstić information content (AvgIpc) is 3.51. The normalized spacial score (nSPS) is 36.0. The van der Waals surface area contributed by atoms with Gasteiger partial charge in [0, 0.05) is 56.4 Å². The molecule has 4 aliphatic carbocycles. The monoisotopic (exact) mass is 753 g/mol. The molecular formula is C44H72N4O4S. The Hall–Kier alpha value is -1.42. The summed E-state index contributed by atoms with van der Waals surface area (Å²) in [4.78, 5) is 44.5. The predicted molar refractivity (Wildman–Crippen MR) is 214 cm³/mol. The van der Waals surface area contributed by atoms with Crippen molar-refractivity contribution < 1.29 is 19.5 Å². The fourth-order valence-electron chi connectivity index (χ4n) is 12.1. The minimum absolute atomic E-state index is 0.0592. The van der Waals surface area contributed by atoms with Crippen molar-refractivity contribution in [2.45, 2.75) is 172 Å². The number of hydrogen-bond acceptors (Lipinski definition) is 7. The predicted octanol–water partition coefficient (Wildman–Crippen LogP) is 7.34. The lowest BCUT2D eigenvalue weighted by atomic mass is 9.68. The molecule has 7 rings (SSSR count). The number of carbonyl (C=O) groups excluding carboxylic acids is 3. The van der Waals surface area contributed by atoms with E-state index in [0.29, 0.717) is 31.3 Å². The van der Waals surface area contributed by atoms with Gasteiger partial charge >= 0.3 is 0 Å². The Balaban J connectivity index is 0.773. The van der Waals surface area contributed by atoms with Crippen LogP contribution < -0.4 is 5.32 Å². The number of imide groups is 1. The Kier molecular flexibility index (Phi) is 14.4. The van der Waals surface area contributed by atoms with Crippen LogP contribution in [-0.4, -0.2) is 106 Å². The first-order chi connectivity index (χ1) is 25.9. The van der Waals surface area contributed by atoms with Gasteiger partial charge in [0.05, 0.1) is 6.10 Å². The van der Waals surface area contributed by atoms with Crippen molar-refractivity contribution >= 4 is 29.5 Å². The second-order valence-electron chi connectivity index (χ2n) is 18.2. The number of rotatable bonds is 13. The van der Waals surface area contributed by atoms with Gasteiger partial charge in [0.25, 0.3) is 0 Å². The smallest absolute Gasteiger partial charge is 0.249 e. The highest BCUT2D eigenvalue weighted by molar-refractivity contribution is 7.99. The number of aliphatic hydroxyl groups is 1. The van der Waals surface area contributed by atoms with Gasteiger partial charge in [0.15, 0.2) is 0 Å². The molecule has 0 spiro atoms. The molecule has 4 saturated carbocycles. The Morgan fingerprint density at radius 2 is 1.49 bits per heavy atom. The van der Waals surface area contributed by atoms with E-state index in [1.165, 1.54) is 109 Å². The van der Waals surface area contributed by atoms with Crippen LogP contribution in [0.2, 0.25) is 0 Å². The standard InChI is InChI=1S/C44H72N4O4S/c1-2-38(31-9-5-3-6-10-31)42(32-11-16-36(49)17-12-32)33-13-18-37(19-14-33)53-28-8-4-7-23-46-24-26-47(27-25-46)35-15-20-39-34(29-35)30-48(44(39)52)40-21-22-41(50)45-43(40)51/h31-37,39-40,49H,2-30H2,1H3,(H,45,50,51)/b42-38-. The van der Waals surface area contributed by atoms with Crippen molar-refractivity contribution in [1.82, 2.24) is 20.0 Å². The molecule has 2 N–H and O–H groups in total. The van der Waals surface area contributed by atoms with Crippen molar-refractivity contribution in [2.75, 3.05) is 45.0 Å². The van der Waals surface area contributed by atoms with Crippen LogP contribution in [0.3, 0.4) is 0 Å². The minimum atomic E-state index is -0.462. The summed E-state index contributed by atoms with van der Waals surface area (Å²) in [6.07, 6.45) is 26.2. The number of piperidine rings is 1. The van der Waals surface area contributed by atoms with E-state index in [-0.39, 0.29) is 29.7 Å². The third kappa shape index (κ3) is 9.94. The molecule has 7 aliphatic rings. The molecule has 0 aromatic carbocycles. The quantitative estimate of drug-likeness (QED) is 0.116.